The molecule has 0 spiro atoms. The second-order valence-corrected chi connectivity index (χ2v) is 12.8. The number of carbonyl (C=O) groups excluding carboxylic acids is 5. The van der Waals surface area contributed by atoms with Gasteiger partial charge >= 0.3 is 18.2 Å². The lowest BCUT2D eigenvalue weighted by atomic mass is 10.0. The quantitative estimate of drug-likeness (QED) is 0.104. The van der Waals surface area contributed by atoms with Gasteiger partial charge in [0.2, 0.25) is 11.8 Å². The average molecular weight is 673 g/mol. The van der Waals surface area contributed by atoms with Crippen molar-refractivity contribution in [3.63, 3.8) is 0 Å². The predicted octanol–water partition coefficient (Wildman–Crippen LogP) is 4.11. The van der Waals surface area contributed by atoms with Gasteiger partial charge in [-0.3, -0.25) is 9.59 Å². The van der Waals surface area contributed by atoms with Gasteiger partial charge in [0, 0.05) is 13.0 Å². The van der Waals surface area contributed by atoms with E-state index in [-0.39, 0.29) is 31.9 Å². The molecule has 12 nitrogen and oxygen atoms in total. The number of esters is 1. The molecule has 0 heterocycles. The Morgan fingerprint density at radius 1 is 0.745 bits per heavy atom. The van der Waals surface area contributed by atoms with Gasteiger partial charge in [-0.25, -0.2) is 14.4 Å². The molecule has 0 fully saturated rings. The molecule has 0 radical (unpaired) electrons. The van der Waals surface area contributed by atoms with Crippen LogP contribution in [0.15, 0.2) is 60.7 Å². The van der Waals surface area contributed by atoms with Crippen LogP contribution < -0.4 is 21.3 Å². The van der Waals surface area contributed by atoms with Crippen LogP contribution in [0.1, 0.15) is 57.6 Å². The highest BCUT2D eigenvalue weighted by atomic mass is 32.2. The van der Waals surface area contributed by atoms with Crippen molar-refractivity contribution in [1.82, 2.24) is 21.3 Å². The van der Waals surface area contributed by atoms with Crippen LogP contribution in [-0.2, 0) is 41.6 Å². The molecule has 47 heavy (non-hydrogen) atoms. The molecule has 0 aromatic heterocycles. The van der Waals surface area contributed by atoms with Crippen molar-refractivity contribution in [3.8, 4) is 0 Å². The normalized spacial score (nSPS) is 12.9. The van der Waals surface area contributed by atoms with Crippen molar-refractivity contribution in [1.29, 1.82) is 0 Å². The van der Waals surface area contributed by atoms with Crippen LogP contribution >= 0.6 is 11.8 Å². The van der Waals surface area contributed by atoms with E-state index in [1.54, 1.807) is 32.5 Å². The number of unbranched alkanes of at least 4 members (excludes halogenated alkanes) is 1. The van der Waals surface area contributed by atoms with Gasteiger partial charge < -0.3 is 35.5 Å². The summed E-state index contributed by atoms with van der Waals surface area (Å²) in [7, 11) is 1.23. The lowest BCUT2D eigenvalue weighted by molar-refractivity contribution is -0.145. The molecule has 13 heteroatoms. The van der Waals surface area contributed by atoms with Gasteiger partial charge in [-0.1, -0.05) is 60.7 Å². The number of methoxy groups -OCH3 is 1. The minimum Gasteiger partial charge on any atom is -0.467 e. The van der Waals surface area contributed by atoms with Crippen molar-refractivity contribution in [2.45, 2.75) is 83.2 Å². The Morgan fingerprint density at radius 3 is 1.96 bits per heavy atom. The number of nitrogens with one attached hydrogen (secondary N) is 4. The van der Waals surface area contributed by atoms with Crippen LogP contribution in [0.2, 0.25) is 0 Å². The smallest absolute Gasteiger partial charge is 0.408 e. The Hall–Kier alpha value is -4.26. The van der Waals surface area contributed by atoms with Gasteiger partial charge in [-0.05, 0) is 69.6 Å². The fraction of sp³-hybridized carbons (Fsp3) is 0.500. The first-order valence-electron chi connectivity index (χ1n) is 15.6. The van der Waals surface area contributed by atoms with Crippen LogP contribution in [0.5, 0.6) is 0 Å². The number of benzene rings is 2. The van der Waals surface area contributed by atoms with Crippen molar-refractivity contribution < 1.29 is 38.2 Å². The second-order valence-electron chi connectivity index (χ2n) is 11.8. The Bertz CT molecular complexity index is 1270. The molecule has 0 unspecified atom stereocenters. The zero-order valence-electron chi connectivity index (χ0n) is 27.8. The number of ether oxygens (including phenoxy) is 3. The van der Waals surface area contributed by atoms with E-state index in [0.717, 1.165) is 11.1 Å². The average Bonchev–Trinajstić information content (AvgIpc) is 3.04. The van der Waals surface area contributed by atoms with Gasteiger partial charge in [0.15, 0.2) is 0 Å². The van der Waals surface area contributed by atoms with Gasteiger partial charge in [-0.2, -0.15) is 11.8 Å². The Labute approximate surface area is 281 Å². The Balaban J connectivity index is 1.95. The maximum atomic E-state index is 13.4. The third kappa shape index (κ3) is 16.2. The zero-order valence-corrected chi connectivity index (χ0v) is 28.7. The van der Waals surface area contributed by atoms with Crippen LogP contribution in [0.4, 0.5) is 9.59 Å². The maximum absolute atomic E-state index is 13.4. The molecule has 2 aromatic carbocycles. The van der Waals surface area contributed by atoms with E-state index in [4.69, 9.17) is 14.2 Å². The van der Waals surface area contributed by atoms with E-state index < -0.39 is 47.8 Å². The summed E-state index contributed by atoms with van der Waals surface area (Å²) in [6, 6.07) is 15.5. The highest BCUT2D eigenvalue weighted by Gasteiger charge is 2.28. The van der Waals surface area contributed by atoms with E-state index >= 15 is 0 Å². The van der Waals surface area contributed by atoms with Crippen LogP contribution in [0, 0.1) is 0 Å². The van der Waals surface area contributed by atoms with Crippen LogP contribution in [0.25, 0.3) is 0 Å². The van der Waals surface area contributed by atoms with E-state index in [0.29, 0.717) is 25.0 Å². The highest BCUT2D eigenvalue weighted by molar-refractivity contribution is 7.98. The molecule has 0 aliphatic carbocycles. The lowest BCUT2D eigenvalue weighted by Gasteiger charge is -2.23. The Kier molecular flexibility index (Phi) is 17.2. The molecule has 0 saturated heterocycles. The summed E-state index contributed by atoms with van der Waals surface area (Å²) in [5.74, 6) is -0.874. The largest absolute Gasteiger partial charge is 0.467 e. The van der Waals surface area contributed by atoms with E-state index in [9.17, 15) is 24.0 Å². The number of alkyl carbamates (subject to hydrolysis) is 2. The van der Waals surface area contributed by atoms with E-state index in [2.05, 4.69) is 21.3 Å². The van der Waals surface area contributed by atoms with Gasteiger partial charge in [0.05, 0.1) is 7.11 Å². The molecular weight excluding hydrogens is 624 g/mol. The predicted molar refractivity (Wildman–Crippen MR) is 181 cm³/mol. The minimum absolute atomic E-state index is 0.0308. The van der Waals surface area contributed by atoms with Gasteiger partial charge in [-0.15, -0.1) is 0 Å². The monoisotopic (exact) mass is 672 g/mol. The zero-order chi connectivity index (χ0) is 34.7. The summed E-state index contributed by atoms with van der Waals surface area (Å²) in [4.78, 5) is 63.7. The first-order chi connectivity index (χ1) is 22.4. The van der Waals surface area contributed by atoms with Crippen molar-refractivity contribution in [2.24, 2.45) is 0 Å². The number of hydrogen-bond donors (Lipinski definition) is 4. The molecule has 0 aliphatic rings. The van der Waals surface area contributed by atoms with Crippen molar-refractivity contribution in [2.75, 3.05) is 25.7 Å². The third-order valence-corrected chi connectivity index (χ3v) is 7.39. The molecule has 4 N–H and O–H groups in total. The van der Waals surface area contributed by atoms with Gasteiger partial charge in [0.25, 0.3) is 0 Å². The summed E-state index contributed by atoms with van der Waals surface area (Å²) in [5, 5.41) is 10.8. The lowest BCUT2D eigenvalue weighted by Crippen LogP contribution is -2.52. The fourth-order valence-electron chi connectivity index (χ4n) is 4.39. The van der Waals surface area contributed by atoms with Crippen molar-refractivity contribution >= 4 is 41.7 Å². The topological polar surface area (TPSA) is 161 Å². The van der Waals surface area contributed by atoms with Crippen LogP contribution in [0.3, 0.4) is 0 Å². The summed E-state index contributed by atoms with van der Waals surface area (Å²) < 4.78 is 15.5. The molecule has 4 amide bonds. The molecule has 0 bridgehead atoms. The Morgan fingerprint density at radius 2 is 1.36 bits per heavy atom. The van der Waals surface area contributed by atoms with Crippen molar-refractivity contribution in [3.05, 3.63) is 71.8 Å². The molecule has 0 aliphatic heterocycles. The number of amides is 4. The maximum Gasteiger partial charge on any atom is 0.408 e. The summed E-state index contributed by atoms with van der Waals surface area (Å²) in [5.41, 5.74) is 0.904. The van der Waals surface area contributed by atoms with Gasteiger partial charge in [0.1, 0.15) is 30.3 Å². The SMILES string of the molecule is COC(=O)[C@H](CCCCNC(=O)[C@H](CCSC)NC(=O)OC(C)(C)C)NC(=O)[C@H](Cc1ccccc1)NC(=O)OCc1ccccc1. The summed E-state index contributed by atoms with van der Waals surface area (Å²) >= 11 is 1.56. The second kappa shape index (κ2) is 20.8. The molecule has 2 aromatic rings. The first-order valence-corrected chi connectivity index (χ1v) is 17.0. The van der Waals surface area contributed by atoms with E-state index in [1.165, 1.54) is 7.11 Å². The fourth-order valence-corrected chi connectivity index (χ4v) is 4.86. The minimum atomic E-state index is -1.03. The molecule has 2 rings (SSSR count). The highest BCUT2D eigenvalue weighted by Crippen LogP contribution is 2.10. The van der Waals surface area contributed by atoms with E-state index in [1.807, 2.05) is 66.9 Å². The molecular formula is C34H48N4O8S. The number of rotatable bonds is 18. The van der Waals surface area contributed by atoms with Crippen LogP contribution in [-0.4, -0.2) is 79.4 Å². The number of hydrogen-bond acceptors (Lipinski definition) is 9. The first kappa shape index (κ1) is 38.9. The number of carbonyl (C=O) groups is 5. The molecule has 258 valence electrons. The standard InChI is InChI=1S/C34H48N4O8S/c1-34(2,3)46-33(43)37-26(19-21-47-5)29(39)35-20-13-12-18-27(31(41)44-4)36-30(40)28(22-24-14-8-6-9-15-24)38-32(42)45-23-25-16-10-7-11-17-25/h6-11,14-17,26-28H,12-13,18-23H2,1-5H3,(H,35,39)(H,36,40)(H,37,43)(H,38,42)/t26-,27-,28-/m0/s1. The molecule has 0 saturated carbocycles. The summed E-state index contributed by atoms with van der Waals surface area (Å²) in [6.45, 7) is 5.55. The third-order valence-electron chi connectivity index (χ3n) is 6.74. The molecule has 3 atom stereocenters. The summed E-state index contributed by atoms with van der Waals surface area (Å²) in [6.07, 6.45) is 2.27. The number of thioether (sulfide) groups is 1.